The van der Waals surface area contributed by atoms with Gasteiger partial charge in [-0.05, 0) is 32.8 Å². The number of hydrogen-bond acceptors (Lipinski definition) is 6. The van der Waals surface area contributed by atoms with E-state index in [-0.39, 0.29) is 18.2 Å². The van der Waals surface area contributed by atoms with Gasteiger partial charge in [-0.2, -0.15) is 0 Å². The molecule has 34 heavy (non-hydrogen) atoms. The molecule has 8 nitrogen and oxygen atoms in total. The Hall–Kier alpha value is -2.19. The predicted octanol–water partition coefficient (Wildman–Crippen LogP) is 3.62. The molecule has 0 radical (unpaired) electrons. The van der Waals surface area contributed by atoms with E-state index in [4.69, 9.17) is 9.47 Å². The van der Waals surface area contributed by atoms with Gasteiger partial charge in [0.25, 0.3) is 0 Å². The van der Waals surface area contributed by atoms with Crippen LogP contribution in [0.4, 0.5) is 0 Å². The molecule has 0 spiro atoms. The zero-order chi connectivity index (χ0) is 25.1. The quantitative estimate of drug-likeness (QED) is 0.231. The Morgan fingerprint density at radius 1 is 1.03 bits per heavy atom. The standard InChI is InChI=1S/C26H43N3O5/c1-6-8-9-10-11-12-23(31)28(14-13-27-15-17-34-18-16-27)19-22(30)24-20(3)25(26(32)33-5)29(7-2)21(24)4/h6-19H2,1-5H3. The molecule has 192 valence electrons. The van der Waals surface area contributed by atoms with Crippen LogP contribution in [-0.2, 0) is 20.8 Å². The van der Waals surface area contributed by atoms with Crippen molar-refractivity contribution in [3.63, 3.8) is 0 Å². The topological polar surface area (TPSA) is 81.1 Å². The number of amides is 1. The van der Waals surface area contributed by atoms with E-state index in [1.54, 1.807) is 11.8 Å². The van der Waals surface area contributed by atoms with Crippen LogP contribution in [0.2, 0.25) is 0 Å². The number of ketones is 1. The molecule has 0 N–H and O–H groups in total. The second kappa shape index (κ2) is 14.3. The number of hydrogen-bond donors (Lipinski definition) is 0. The van der Waals surface area contributed by atoms with Crippen LogP contribution in [0.5, 0.6) is 0 Å². The molecule has 1 aromatic rings. The summed E-state index contributed by atoms with van der Waals surface area (Å²) in [6, 6.07) is 0. The fourth-order valence-corrected chi connectivity index (χ4v) is 4.73. The second-order valence-corrected chi connectivity index (χ2v) is 9.03. The van der Waals surface area contributed by atoms with Crippen LogP contribution in [0.3, 0.4) is 0 Å². The Morgan fingerprint density at radius 2 is 1.71 bits per heavy atom. The molecule has 0 atom stereocenters. The highest BCUT2D eigenvalue weighted by Crippen LogP contribution is 2.24. The molecule has 0 aliphatic carbocycles. The van der Waals surface area contributed by atoms with E-state index >= 15 is 0 Å². The number of nitrogens with zero attached hydrogens (tertiary/aromatic N) is 3. The molecular formula is C26H43N3O5. The third kappa shape index (κ3) is 7.40. The van der Waals surface area contributed by atoms with Gasteiger partial charge in [0.15, 0.2) is 5.78 Å². The van der Waals surface area contributed by atoms with Crippen LogP contribution in [0, 0.1) is 13.8 Å². The molecule has 8 heteroatoms. The van der Waals surface area contributed by atoms with Gasteiger partial charge in [-0.3, -0.25) is 14.5 Å². The number of Topliss-reactive ketones (excluding diaryl/α,β-unsaturated/α-hetero) is 1. The van der Waals surface area contributed by atoms with E-state index < -0.39 is 5.97 Å². The van der Waals surface area contributed by atoms with Crippen LogP contribution in [0.25, 0.3) is 0 Å². The highest BCUT2D eigenvalue weighted by Gasteiger charge is 2.28. The Balaban J connectivity index is 2.16. The first-order chi connectivity index (χ1) is 16.3. The lowest BCUT2D eigenvalue weighted by Crippen LogP contribution is -2.44. The Labute approximate surface area is 204 Å². The van der Waals surface area contributed by atoms with Crippen molar-refractivity contribution >= 4 is 17.7 Å². The summed E-state index contributed by atoms with van der Waals surface area (Å²) in [5, 5.41) is 0. The number of rotatable bonds is 14. The van der Waals surface area contributed by atoms with E-state index in [1.165, 1.54) is 13.5 Å². The predicted molar refractivity (Wildman–Crippen MR) is 132 cm³/mol. The number of esters is 1. The highest BCUT2D eigenvalue weighted by atomic mass is 16.5. The first-order valence-electron chi connectivity index (χ1n) is 12.7. The molecule has 2 heterocycles. The first kappa shape index (κ1) is 28.1. The summed E-state index contributed by atoms with van der Waals surface area (Å²) in [6.45, 7) is 12.6. The Bertz CT molecular complexity index is 827. The van der Waals surface area contributed by atoms with Gasteiger partial charge in [-0.1, -0.05) is 32.6 Å². The molecule has 1 aromatic heterocycles. The summed E-state index contributed by atoms with van der Waals surface area (Å²) in [7, 11) is 1.35. The zero-order valence-electron chi connectivity index (χ0n) is 21.8. The molecule has 1 amide bonds. The van der Waals surface area contributed by atoms with Crippen LogP contribution in [0.1, 0.15) is 84.5 Å². The smallest absolute Gasteiger partial charge is 0.354 e. The monoisotopic (exact) mass is 477 g/mol. The molecule has 0 aromatic carbocycles. The maximum absolute atomic E-state index is 13.5. The first-order valence-corrected chi connectivity index (χ1v) is 12.7. The fourth-order valence-electron chi connectivity index (χ4n) is 4.73. The van der Waals surface area contributed by atoms with Gasteiger partial charge in [0.1, 0.15) is 5.69 Å². The van der Waals surface area contributed by atoms with Gasteiger partial charge in [-0.15, -0.1) is 0 Å². The molecular weight excluding hydrogens is 434 g/mol. The van der Waals surface area contributed by atoms with Crippen molar-refractivity contribution in [2.24, 2.45) is 0 Å². The van der Waals surface area contributed by atoms with Gasteiger partial charge >= 0.3 is 5.97 Å². The van der Waals surface area contributed by atoms with Crippen molar-refractivity contribution < 1.29 is 23.9 Å². The van der Waals surface area contributed by atoms with E-state index in [0.717, 1.165) is 51.0 Å². The van der Waals surface area contributed by atoms with Crippen molar-refractivity contribution in [1.29, 1.82) is 0 Å². The van der Waals surface area contributed by atoms with Gasteiger partial charge in [0, 0.05) is 50.4 Å². The third-order valence-electron chi connectivity index (χ3n) is 6.71. The summed E-state index contributed by atoms with van der Waals surface area (Å²) in [6.07, 6.45) is 5.82. The van der Waals surface area contributed by atoms with Crippen molar-refractivity contribution in [3.8, 4) is 0 Å². The van der Waals surface area contributed by atoms with E-state index in [2.05, 4.69) is 11.8 Å². The van der Waals surface area contributed by atoms with Gasteiger partial charge in [0.05, 0.1) is 26.9 Å². The molecule has 0 bridgehead atoms. The lowest BCUT2D eigenvalue weighted by atomic mass is 10.0. The maximum atomic E-state index is 13.5. The molecule has 0 unspecified atom stereocenters. The minimum atomic E-state index is -0.450. The number of ether oxygens (including phenoxy) is 2. The summed E-state index contributed by atoms with van der Waals surface area (Å²) < 4.78 is 12.2. The molecule has 0 saturated carbocycles. The second-order valence-electron chi connectivity index (χ2n) is 9.03. The average Bonchev–Trinajstić information content (AvgIpc) is 3.10. The lowest BCUT2D eigenvalue weighted by Gasteiger charge is -2.30. The van der Waals surface area contributed by atoms with Gasteiger partial charge in [-0.25, -0.2) is 4.79 Å². The number of methoxy groups -OCH3 is 1. The molecule has 1 saturated heterocycles. The summed E-state index contributed by atoms with van der Waals surface area (Å²) in [5.41, 5.74) is 2.30. The van der Waals surface area contributed by atoms with Crippen LogP contribution in [0.15, 0.2) is 0 Å². The van der Waals surface area contributed by atoms with Gasteiger partial charge < -0.3 is 18.9 Å². The lowest BCUT2D eigenvalue weighted by molar-refractivity contribution is -0.131. The summed E-state index contributed by atoms with van der Waals surface area (Å²) in [5.74, 6) is -0.556. The number of aromatic nitrogens is 1. The van der Waals surface area contributed by atoms with Crippen LogP contribution < -0.4 is 0 Å². The minimum absolute atomic E-state index is 0.0220. The maximum Gasteiger partial charge on any atom is 0.354 e. The average molecular weight is 478 g/mol. The SMILES string of the molecule is CCCCCCCC(=O)N(CCN1CCOCC1)CC(=O)c1c(C)c(C(=O)OC)n(CC)c1C. The minimum Gasteiger partial charge on any atom is -0.464 e. The Morgan fingerprint density at radius 3 is 2.32 bits per heavy atom. The zero-order valence-corrected chi connectivity index (χ0v) is 21.8. The largest absolute Gasteiger partial charge is 0.464 e. The Kier molecular flexibility index (Phi) is 11.8. The normalized spacial score (nSPS) is 14.3. The highest BCUT2D eigenvalue weighted by molar-refractivity contribution is 6.04. The van der Waals surface area contributed by atoms with Crippen LogP contribution >= 0.6 is 0 Å². The van der Waals surface area contributed by atoms with E-state index in [1.807, 2.05) is 18.4 Å². The molecule has 1 aliphatic rings. The third-order valence-corrected chi connectivity index (χ3v) is 6.71. The number of unbranched alkanes of at least 4 members (excludes halogenated alkanes) is 4. The van der Waals surface area contributed by atoms with Crippen molar-refractivity contribution in [2.75, 3.05) is 53.0 Å². The van der Waals surface area contributed by atoms with Crippen molar-refractivity contribution in [3.05, 3.63) is 22.5 Å². The fraction of sp³-hybridized carbons (Fsp3) is 0.731. The number of carbonyl (C=O) groups is 3. The van der Waals surface area contributed by atoms with Crippen LogP contribution in [-0.4, -0.2) is 85.1 Å². The summed E-state index contributed by atoms with van der Waals surface area (Å²) in [4.78, 5) is 42.9. The summed E-state index contributed by atoms with van der Waals surface area (Å²) >= 11 is 0. The molecule has 1 fully saturated rings. The van der Waals surface area contributed by atoms with Gasteiger partial charge in [0.2, 0.25) is 5.91 Å². The molecule has 1 aliphatic heterocycles. The van der Waals surface area contributed by atoms with E-state index in [9.17, 15) is 14.4 Å². The van der Waals surface area contributed by atoms with Crippen molar-refractivity contribution in [2.45, 2.75) is 72.8 Å². The van der Waals surface area contributed by atoms with E-state index in [0.29, 0.717) is 49.5 Å². The molecule has 2 rings (SSSR count). The number of carbonyl (C=O) groups excluding carboxylic acids is 3. The number of morpholine rings is 1. The van der Waals surface area contributed by atoms with Crippen molar-refractivity contribution in [1.82, 2.24) is 14.4 Å².